The zero-order valence-corrected chi connectivity index (χ0v) is 9.20. The number of hydrogen-bond donors (Lipinski definition) is 4. The maximum Gasteiger partial charge on any atom is 0.239 e. The largest absolute Gasteiger partial charge is 0.394 e. The van der Waals surface area contributed by atoms with E-state index in [0.29, 0.717) is 11.8 Å². The van der Waals surface area contributed by atoms with E-state index in [0.717, 1.165) is 5.56 Å². The monoisotopic (exact) mass is 211 g/mol. The van der Waals surface area contributed by atoms with Crippen molar-refractivity contribution in [3.63, 3.8) is 0 Å². The van der Waals surface area contributed by atoms with Crippen molar-refractivity contribution >= 4 is 11.8 Å². The average Bonchev–Trinajstić information content (AvgIpc) is 2.21. The van der Waals surface area contributed by atoms with Crippen LogP contribution in [0.15, 0.2) is 6.20 Å². The van der Waals surface area contributed by atoms with Gasteiger partial charge >= 0.3 is 0 Å². The lowest BCUT2D eigenvalue weighted by Crippen LogP contribution is -2.35. The fraction of sp³-hybridized carbons (Fsp3) is 0.556. The van der Waals surface area contributed by atoms with Crippen LogP contribution in [0.5, 0.6) is 0 Å². The number of hydrazine groups is 1. The Morgan fingerprint density at radius 2 is 2.20 bits per heavy atom. The Hall–Kier alpha value is -1.40. The van der Waals surface area contributed by atoms with E-state index in [1.807, 2.05) is 20.8 Å². The van der Waals surface area contributed by atoms with Crippen molar-refractivity contribution in [2.45, 2.75) is 26.3 Å². The van der Waals surface area contributed by atoms with Crippen LogP contribution in [0, 0.1) is 6.92 Å². The van der Waals surface area contributed by atoms with E-state index < -0.39 is 5.54 Å². The summed E-state index contributed by atoms with van der Waals surface area (Å²) in [5.41, 5.74) is 2.85. The smallest absolute Gasteiger partial charge is 0.239 e. The predicted molar refractivity (Wildman–Crippen MR) is 59.4 cm³/mol. The molecule has 15 heavy (non-hydrogen) atoms. The van der Waals surface area contributed by atoms with Crippen molar-refractivity contribution in [2.75, 3.05) is 17.3 Å². The molecule has 0 bridgehead atoms. The van der Waals surface area contributed by atoms with Crippen LogP contribution in [-0.2, 0) is 0 Å². The van der Waals surface area contributed by atoms with Gasteiger partial charge in [-0.3, -0.25) is 5.43 Å². The summed E-state index contributed by atoms with van der Waals surface area (Å²) in [6.45, 7) is 5.66. The lowest BCUT2D eigenvalue weighted by Gasteiger charge is -2.25. The van der Waals surface area contributed by atoms with Gasteiger partial charge in [0.05, 0.1) is 12.1 Å². The Bertz CT molecular complexity index is 339. The topological polar surface area (TPSA) is 96.1 Å². The van der Waals surface area contributed by atoms with E-state index in [-0.39, 0.29) is 6.61 Å². The van der Waals surface area contributed by atoms with Crippen LogP contribution in [0.1, 0.15) is 19.4 Å². The molecule has 0 radical (unpaired) electrons. The third kappa shape index (κ3) is 3.03. The summed E-state index contributed by atoms with van der Waals surface area (Å²) < 4.78 is 0. The molecule has 1 aromatic heterocycles. The number of aryl methyl sites for hydroxylation is 1. The second-order valence-electron chi connectivity index (χ2n) is 4.04. The molecule has 0 aliphatic heterocycles. The number of hydrogen-bond acceptors (Lipinski definition) is 6. The zero-order valence-electron chi connectivity index (χ0n) is 9.20. The molecule has 6 heteroatoms. The fourth-order valence-electron chi connectivity index (χ4n) is 0.998. The lowest BCUT2D eigenvalue weighted by atomic mass is 10.1. The first-order valence-electron chi connectivity index (χ1n) is 4.68. The van der Waals surface area contributed by atoms with Gasteiger partial charge in [0.2, 0.25) is 5.95 Å². The minimum Gasteiger partial charge on any atom is -0.394 e. The number of nitrogens with one attached hydrogen (secondary N) is 2. The maximum absolute atomic E-state index is 9.13. The highest BCUT2D eigenvalue weighted by molar-refractivity contribution is 5.47. The van der Waals surface area contributed by atoms with E-state index in [1.165, 1.54) is 0 Å². The lowest BCUT2D eigenvalue weighted by molar-refractivity contribution is 0.234. The third-order valence-electron chi connectivity index (χ3n) is 1.95. The second kappa shape index (κ2) is 4.41. The molecule has 0 amide bonds. The molecule has 1 aromatic rings. The van der Waals surface area contributed by atoms with E-state index in [2.05, 4.69) is 20.7 Å². The molecular formula is C9H17N5O. The van der Waals surface area contributed by atoms with Crippen LogP contribution in [0.25, 0.3) is 0 Å². The van der Waals surface area contributed by atoms with Gasteiger partial charge in [0.25, 0.3) is 0 Å². The molecule has 0 unspecified atom stereocenters. The number of anilines is 2. The first kappa shape index (κ1) is 11.7. The summed E-state index contributed by atoms with van der Waals surface area (Å²) in [6.07, 6.45) is 1.66. The Morgan fingerprint density at radius 3 is 2.73 bits per heavy atom. The fourth-order valence-corrected chi connectivity index (χ4v) is 0.998. The van der Waals surface area contributed by atoms with Crippen LogP contribution < -0.4 is 16.6 Å². The van der Waals surface area contributed by atoms with Gasteiger partial charge in [-0.25, -0.2) is 10.8 Å². The Labute approximate surface area is 88.9 Å². The first-order chi connectivity index (χ1) is 6.98. The Morgan fingerprint density at radius 1 is 1.53 bits per heavy atom. The van der Waals surface area contributed by atoms with Crippen LogP contribution in [-0.4, -0.2) is 27.2 Å². The van der Waals surface area contributed by atoms with Gasteiger partial charge in [0, 0.05) is 11.8 Å². The van der Waals surface area contributed by atoms with Gasteiger partial charge in [0.15, 0.2) is 0 Å². The SMILES string of the molecule is Cc1cnc(NN)nc1NC(C)(C)CO. The molecule has 1 rings (SSSR count). The molecule has 0 saturated heterocycles. The zero-order chi connectivity index (χ0) is 11.5. The normalized spacial score (nSPS) is 11.3. The molecule has 1 heterocycles. The summed E-state index contributed by atoms with van der Waals surface area (Å²) in [4.78, 5) is 8.12. The van der Waals surface area contributed by atoms with E-state index in [4.69, 9.17) is 10.9 Å². The molecule has 0 aliphatic rings. The molecule has 0 saturated carbocycles. The number of rotatable bonds is 4. The van der Waals surface area contributed by atoms with Crippen LogP contribution >= 0.6 is 0 Å². The number of nitrogen functional groups attached to an aromatic ring is 1. The molecule has 0 aromatic carbocycles. The van der Waals surface area contributed by atoms with Gasteiger partial charge < -0.3 is 10.4 Å². The highest BCUT2D eigenvalue weighted by atomic mass is 16.3. The summed E-state index contributed by atoms with van der Waals surface area (Å²) >= 11 is 0. The van der Waals surface area contributed by atoms with Crippen molar-refractivity contribution < 1.29 is 5.11 Å². The first-order valence-corrected chi connectivity index (χ1v) is 4.68. The molecule has 0 aliphatic carbocycles. The molecular weight excluding hydrogens is 194 g/mol. The number of aromatic nitrogens is 2. The van der Waals surface area contributed by atoms with E-state index in [1.54, 1.807) is 6.20 Å². The maximum atomic E-state index is 9.13. The summed E-state index contributed by atoms with van der Waals surface area (Å²) in [5, 5.41) is 12.2. The summed E-state index contributed by atoms with van der Waals surface area (Å²) in [6, 6.07) is 0. The molecule has 0 atom stereocenters. The Kier molecular flexibility index (Phi) is 3.43. The number of aliphatic hydroxyl groups is 1. The summed E-state index contributed by atoms with van der Waals surface area (Å²) in [7, 11) is 0. The van der Waals surface area contributed by atoms with Gasteiger partial charge in [-0.15, -0.1) is 0 Å². The van der Waals surface area contributed by atoms with Crippen molar-refractivity contribution in [2.24, 2.45) is 5.84 Å². The van der Waals surface area contributed by atoms with Crippen molar-refractivity contribution in [1.82, 2.24) is 9.97 Å². The highest BCUT2D eigenvalue weighted by Crippen LogP contribution is 2.17. The second-order valence-corrected chi connectivity index (χ2v) is 4.04. The standard InChI is InChI=1S/C9H17N5O/c1-6-4-11-8(14-10)12-7(6)13-9(2,3)5-15/h4,15H,5,10H2,1-3H3,(H2,11,12,13,14). The van der Waals surface area contributed by atoms with Crippen molar-refractivity contribution in [3.05, 3.63) is 11.8 Å². The quantitative estimate of drug-likeness (QED) is 0.421. The number of nitrogens with two attached hydrogens (primary N) is 1. The Balaban J connectivity index is 2.93. The predicted octanol–water partition coefficient (Wildman–Crippen LogP) is 0.253. The van der Waals surface area contributed by atoms with Crippen molar-refractivity contribution in [3.8, 4) is 0 Å². The number of nitrogens with zero attached hydrogens (tertiary/aromatic N) is 2. The van der Waals surface area contributed by atoms with Gasteiger partial charge in [-0.1, -0.05) is 0 Å². The third-order valence-corrected chi connectivity index (χ3v) is 1.95. The minimum absolute atomic E-state index is 0.0157. The molecule has 0 spiro atoms. The number of aliphatic hydroxyl groups excluding tert-OH is 1. The molecule has 0 fully saturated rings. The van der Waals surface area contributed by atoms with Gasteiger partial charge in [0.1, 0.15) is 5.82 Å². The van der Waals surface area contributed by atoms with Crippen LogP contribution in [0.4, 0.5) is 11.8 Å². The molecule has 6 nitrogen and oxygen atoms in total. The van der Waals surface area contributed by atoms with Gasteiger partial charge in [-0.2, -0.15) is 4.98 Å². The van der Waals surface area contributed by atoms with Crippen molar-refractivity contribution in [1.29, 1.82) is 0 Å². The van der Waals surface area contributed by atoms with Crippen LogP contribution in [0.3, 0.4) is 0 Å². The molecule has 84 valence electrons. The van der Waals surface area contributed by atoms with Crippen LogP contribution in [0.2, 0.25) is 0 Å². The van der Waals surface area contributed by atoms with E-state index in [9.17, 15) is 0 Å². The summed E-state index contributed by atoms with van der Waals surface area (Å²) in [5.74, 6) is 6.22. The minimum atomic E-state index is -0.426. The van der Waals surface area contributed by atoms with Gasteiger partial charge in [-0.05, 0) is 20.8 Å². The van der Waals surface area contributed by atoms with E-state index >= 15 is 0 Å². The highest BCUT2D eigenvalue weighted by Gasteiger charge is 2.17. The average molecular weight is 211 g/mol. The molecule has 5 N–H and O–H groups in total.